The van der Waals surface area contributed by atoms with E-state index in [0.29, 0.717) is 6.54 Å². The van der Waals surface area contributed by atoms with Crippen molar-refractivity contribution in [1.29, 1.82) is 0 Å². The number of piperazine rings is 1. The first-order chi connectivity index (χ1) is 8.66. The molecule has 6 heteroatoms. The maximum atomic E-state index is 13.3. The van der Waals surface area contributed by atoms with Gasteiger partial charge in [0.15, 0.2) is 0 Å². The van der Waals surface area contributed by atoms with Crippen LogP contribution < -0.4 is 16.0 Å². The minimum absolute atomic E-state index is 0.0587. The van der Waals surface area contributed by atoms with Crippen molar-refractivity contribution in [1.82, 2.24) is 16.0 Å². The van der Waals surface area contributed by atoms with E-state index in [1.807, 2.05) is 0 Å². The monoisotopic (exact) mass is 255 g/mol. The summed E-state index contributed by atoms with van der Waals surface area (Å²) in [5, 5.41) is 8.76. The predicted molar refractivity (Wildman–Crippen MR) is 62.9 cm³/mol. The van der Waals surface area contributed by atoms with Crippen LogP contribution in [0.2, 0.25) is 0 Å². The van der Waals surface area contributed by atoms with Crippen LogP contribution in [0.1, 0.15) is 5.56 Å². The molecule has 1 aromatic rings. The highest BCUT2D eigenvalue weighted by molar-refractivity contribution is 5.82. The topological polar surface area (TPSA) is 53.2 Å². The number of halogens is 2. The second kappa shape index (κ2) is 5.88. The number of benzene rings is 1. The Morgan fingerprint density at radius 2 is 2.22 bits per heavy atom. The number of carbonyl (C=O) groups excluding carboxylic acids is 1. The number of hydrogen-bond donors (Lipinski definition) is 3. The molecule has 1 aliphatic rings. The van der Waals surface area contributed by atoms with Crippen molar-refractivity contribution in [2.45, 2.75) is 12.6 Å². The Hall–Kier alpha value is -1.53. The zero-order valence-electron chi connectivity index (χ0n) is 9.80. The number of amides is 1. The summed E-state index contributed by atoms with van der Waals surface area (Å²) in [6.45, 7) is 2.17. The van der Waals surface area contributed by atoms with Crippen molar-refractivity contribution in [2.75, 3.05) is 19.6 Å². The standard InChI is InChI=1S/C12H15F2N3O/c13-9-2-1-8(10(14)5-9)6-17-12(18)11-7-15-3-4-16-11/h1-2,5,11,15-16H,3-4,6-7H2,(H,17,18). The minimum Gasteiger partial charge on any atom is -0.351 e. The first kappa shape index (κ1) is 12.9. The van der Waals surface area contributed by atoms with E-state index < -0.39 is 11.6 Å². The molecule has 0 spiro atoms. The molecule has 0 saturated carbocycles. The van der Waals surface area contributed by atoms with Gasteiger partial charge < -0.3 is 16.0 Å². The van der Waals surface area contributed by atoms with Gasteiger partial charge in [-0.2, -0.15) is 0 Å². The van der Waals surface area contributed by atoms with Crippen LogP contribution in [0, 0.1) is 11.6 Å². The molecule has 1 aliphatic heterocycles. The molecule has 0 aromatic heterocycles. The maximum absolute atomic E-state index is 13.3. The molecule has 1 fully saturated rings. The summed E-state index contributed by atoms with van der Waals surface area (Å²) in [6, 6.07) is 3.01. The summed E-state index contributed by atoms with van der Waals surface area (Å²) >= 11 is 0. The van der Waals surface area contributed by atoms with Crippen LogP contribution in [0.5, 0.6) is 0 Å². The van der Waals surface area contributed by atoms with Gasteiger partial charge in [0.25, 0.3) is 0 Å². The largest absolute Gasteiger partial charge is 0.351 e. The van der Waals surface area contributed by atoms with E-state index in [2.05, 4.69) is 16.0 Å². The first-order valence-corrected chi connectivity index (χ1v) is 5.82. The van der Waals surface area contributed by atoms with Crippen LogP contribution in [0.25, 0.3) is 0 Å². The van der Waals surface area contributed by atoms with Crippen molar-refractivity contribution in [3.63, 3.8) is 0 Å². The van der Waals surface area contributed by atoms with Crippen molar-refractivity contribution in [3.05, 3.63) is 35.4 Å². The fourth-order valence-corrected chi connectivity index (χ4v) is 1.81. The van der Waals surface area contributed by atoms with Gasteiger partial charge >= 0.3 is 0 Å². The van der Waals surface area contributed by atoms with E-state index >= 15 is 0 Å². The lowest BCUT2D eigenvalue weighted by Crippen LogP contribution is -2.55. The molecule has 1 saturated heterocycles. The van der Waals surface area contributed by atoms with E-state index in [4.69, 9.17) is 0 Å². The first-order valence-electron chi connectivity index (χ1n) is 5.82. The van der Waals surface area contributed by atoms with Crippen molar-refractivity contribution < 1.29 is 13.6 Å². The zero-order chi connectivity index (χ0) is 13.0. The highest BCUT2D eigenvalue weighted by Gasteiger charge is 2.19. The number of rotatable bonds is 3. The summed E-state index contributed by atoms with van der Waals surface area (Å²) in [4.78, 5) is 11.7. The second-order valence-electron chi connectivity index (χ2n) is 4.16. The molecule has 1 atom stereocenters. The smallest absolute Gasteiger partial charge is 0.238 e. The van der Waals surface area contributed by atoms with Crippen LogP contribution in [0.4, 0.5) is 8.78 Å². The van der Waals surface area contributed by atoms with Crippen LogP contribution in [0.3, 0.4) is 0 Å². The Bertz CT molecular complexity index is 433. The summed E-state index contributed by atoms with van der Waals surface area (Å²) in [7, 11) is 0. The highest BCUT2D eigenvalue weighted by atomic mass is 19.1. The molecule has 4 nitrogen and oxygen atoms in total. The van der Waals surface area contributed by atoms with Gasteiger partial charge in [0.2, 0.25) is 5.91 Å². The van der Waals surface area contributed by atoms with Crippen LogP contribution >= 0.6 is 0 Å². The lowest BCUT2D eigenvalue weighted by Gasteiger charge is -2.23. The molecule has 3 N–H and O–H groups in total. The highest BCUT2D eigenvalue weighted by Crippen LogP contribution is 2.09. The lowest BCUT2D eigenvalue weighted by atomic mass is 10.2. The SMILES string of the molecule is O=C(NCc1ccc(F)cc1F)C1CNCCN1. The van der Waals surface area contributed by atoms with Gasteiger partial charge in [0.05, 0.1) is 6.04 Å². The van der Waals surface area contributed by atoms with Gasteiger partial charge in [-0.05, 0) is 6.07 Å². The Labute approximate surface area is 104 Å². The van der Waals surface area contributed by atoms with Crippen LogP contribution in [-0.2, 0) is 11.3 Å². The number of nitrogens with one attached hydrogen (secondary N) is 3. The van der Waals surface area contributed by atoms with E-state index in [1.165, 1.54) is 12.1 Å². The third kappa shape index (κ3) is 3.24. The van der Waals surface area contributed by atoms with Gasteiger partial charge in [-0.25, -0.2) is 8.78 Å². The molecule has 1 amide bonds. The zero-order valence-corrected chi connectivity index (χ0v) is 9.80. The number of hydrogen-bond acceptors (Lipinski definition) is 3. The van der Waals surface area contributed by atoms with Gasteiger partial charge in [-0.3, -0.25) is 4.79 Å². The third-order valence-electron chi connectivity index (χ3n) is 2.83. The van der Waals surface area contributed by atoms with E-state index in [9.17, 15) is 13.6 Å². The summed E-state index contributed by atoms with van der Waals surface area (Å²) < 4.78 is 26.0. The second-order valence-corrected chi connectivity index (χ2v) is 4.16. The van der Waals surface area contributed by atoms with E-state index in [-0.39, 0.29) is 24.1 Å². The molecule has 0 bridgehead atoms. The Kier molecular flexibility index (Phi) is 4.22. The van der Waals surface area contributed by atoms with Crippen LogP contribution in [0.15, 0.2) is 18.2 Å². The van der Waals surface area contributed by atoms with Gasteiger partial charge in [0, 0.05) is 37.8 Å². The fourth-order valence-electron chi connectivity index (χ4n) is 1.81. The molecule has 2 rings (SSSR count). The Balaban J connectivity index is 1.88. The average Bonchev–Trinajstić information content (AvgIpc) is 2.38. The summed E-state index contributed by atoms with van der Waals surface area (Å²) in [5.41, 5.74) is 0.272. The quantitative estimate of drug-likeness (QED) is 0.720. The lowest BCUT2D eigenvalue weighted by molar-refractivity contribution is -0.123. The van der Waals surface area contributed by atoms with Gasteiger partial charge in [-0.1, -0.05) is 6.07 Å². The Morgan fingerprint density at radius 1 is 1.39 bits per heavy atom. The molecule has 18 heavy (non-hydrogen) atoms. The molecule has 1 heterocycles. The Morgan fingerprint density at radius 3 is 2.89 bits per heavy atom. The molecule has 98 valence electrons. The van der Waals surface area contributed by atoms with E-state index in [0.717, 1.165) is 19.2 Å². The van der Waals surface area contributed by atoms with Crippen molar-refractivity contribution >= 4 is 5.91 Å². The number of carbonyl (C=O) groups is 1. The fraction of sp³-hybridized carbons (Fsp3) is 0.417. The summed E-state index contributed by atoms with van der Waals surface area (Å²) in [6.07, 6.45) is 0. The predicted octanol–water partition coefficient (Wildman–Crippen LogP) is 0.142. The minimum atomic E-state index is -0.648. The summed E-state index contributed by atoms with van der Waals surface area (Å²) in [5.74, 6) is -1.46. The average molecular weight is 255 g/mol. The van der Waals surface area contributed by atoms with Crippen molar-refractivity contribution in [2.24, 2.45) is 0 Å². The van der Waals surface area contributed by atoms with Gasteiger partial charge in [0.1, 0.15) is 11.6 Å². The normalized spacial score (nSPS) is 19.6. The van der Waals surface area contributed by atoms with Crippen LogP contribution in [-0.4, -0.2) is 31.6 Å². The molecule has 1 aromatic carbocycles. The third-order valence-corrected chi connectivity index (χ3v) is 2.83. The molecular weight excluding hydrogens is 240 g/mol. The molecule has 1 unspecified atom stereocenters. The maximum Gasteiger partial charge on any atom is 0.238 e. The molecular formula is C12H15F2N3O. The molecule has 0 aliphatic carbocycles. The molecule has 0 radical (unpaired) electrons. The van der Waals surface area contributed by atoms with Gasteiger partial charge in [-0.15, -0.1) is 0 Å². The van der Waals surface area contributed by atoms with Crippen molar-refractivity contribution in [3.8, 4) is 0 Å². The van der Waals surface area contributed by atoms with E-state index in [1.54, 1.807) is 0 Å².